The van der Waals surface area contributed by atoms with Crippen LogP contribution in [0.3, 0.4) is 0 Å². The number of alkyl halides is 3. The fourth-order valence-corrected chi connectivity index (χ4v) is 2.04. The van der Waals surface area contributed by atoms with Crippen LogP contribution in [-0.4, -0.2) is 4.98 Å². The van der Waals surface area contributed by atoms with Crippen molar-refractivity contribution in [1.82, 2.24) is 4.98 Å². The lowest BCUT2D eigenvalue weighted by molar-refractivity contribution is -0.141. The summed E-state index contributed by atoms with van der Waals surface area (Å²) in [6.45, 7) is 6.05. The molecule has 1 nitrogen and oxygen atoms in total. The third kappa shape index (κ3) is 3.20. The Morgan fingerprint density at radius 2 is 1.88 bits per heavy atom. The zero-order chi connectivity index (χ0) is 13.1. The van der Waals surface area contributed by atoms with E-state index in [-0.39, 0.29) is 5.41 Å². The molecule has 0 amide bonds. The van der Waals surface area contributed by atoms with Gasteiger partial charge in [0.2, 0.25) is 0 Å². The largest absolute Gasteiger partial charge is 0.433 e. The van der Waals surface area contributed by atoms with Crippen LogP contribution < -0.4 is 0 Å². The average Bonchev–Trinajstić information content (AvgIpc) is 2.28. The van der Waals surface area contributed by atoms with E-state index in [0.29, 0.717) is 0 Å². The highest BCUT2D eigenvalue weighted by Gasteiger charge is 2.34. The Bertz CT molecular complexity index is 373. The summed E-state index contributed by atoms with van der Waals surface area (Å²) in [5, 5.41) is 0. The number of aromatic nitrogens is 1. The second-order valence-corrected chi connectivity index (χ2v) is 4.59. The summed E-state index contributed by atoms with van der Waals surface area (Å²) in [4.78, 5) is 3.39. The van der Waals surface area contributed by atoms with Gasteiger partial charge in [-0.05, 0) is 36.0 Å². The van der Waals surface area contributed by atoms with Crippen molar-refractivity contribution in [2.75, 3.05) is 0 Å². The van der Waals surface area contributed by atoms with Gasteiger partial charge in [-0.1, -0.05) is 27.2 Å². The van der Waals surface area contributed by atoms with Crippen LogP contribution in [0.5, 0.6) is 0 Å². The van der Waals surface area contributed by atoms with Gasteiger partial charge in [0, 0.05) is 6.20 Å². The molecule has 0 N–H and O–H groups in total. The monoisotopic (exact) mass is 245 g/mol. The number of pyridine rings is 1. The zero-order valence-electron chi connectivity index (χ0n) is 10.4. The summed E-state index contributed by atoms with van der Waals surface area (Å²) in [6, 6.07) is 2.87. The molecular formula is C13H18F3N. The molecule has 1 aromatic heterocycles. The van der Waals surface area contributed by atoms with Crippen LogP contribution in [0.25, 0.3) is 0 Å². The normalized spacial score (nSPS) is 15.6. The van der Waals surface area contributed by atoms with Gasteiger partial charge < -0.3 is 0 Å². The molecule has 0 aliphatic heterocycles. The molecule has 1 atom stereocenters. The van der Waals surface area contributed by atoms with Gasteiger partial charge in [0.25, 0.3) is 0 Å². The minimum Gasteiger partial charge on any atom is -0.252 e. The number of hydrogen-bond donors (Lipinski definition) is 0. The molecule has 1 heterocycles. The maximum atomic E-state index is 12.6. The minimum atomic E-state index is -4.36. The predicted molar refractivity (Wildman–Crippen MR) is 61.8 cm³/mol. The molecule has 0 saturated heterocycles. The van der Waals surface area contributed by atoms with Crippen LogP contribution in [0.4, 0.5) is 13.2 Å². The molecule has 0 bridgehead atoms. The molecule has 1 aromatic rings. The molecule has 0 aliphatic rings. The second-order valence-electron chi connectivity index (χ2n) is 4.59. The van der Waals surface area contributed by atoms with Crippen molar-refractivity contribution in [2.45, 2.75) is 51.6 Å². The summed E-state index contributed by atoms with van der Waals surface area (Å²) < 4.78 is 37.8. The fourth-order valence-electron chi connectivity index (χ4n) is 2.04. The van der Waals surface area contributed by atoms with E-state index in [1.54, 1.807) is 6.07 Å². The summed E-state index contributed by atoms with van der Waals surface area (Å²) in [6.07, 6.45) is -0.459. The Morgan fingerprint density at radius 3 is 2.35 bits per heavy atom. The molecule has 1 rings (SSSR count). The fraction of sp³-hybridized carbons (Fsp3) is 0.615. The third-order valence-electron chi connectivity index (χ3n) is 3.33. The number of hydrogen-bond acceptors (Lipinski definition) is 1. The van der Waals surface area contributed by atoms with Gasteiger partial charge in [-0.25, -0.2) is 0 Å². The van der Waals surface area contributed by atoms with Gasteiger partial charge in [-0.3, -0.25) is 4.98 Å². The van der Waals surface area contributed by atoms with Gasteiger partial charge in [0.15, 0.2) is 0 Å². The van der Waals surface area contributed by atoms with E-state index >= 15 is 0 Å². The van der Waals surface area contributed by atoms with Gasteiger partial charge >= 0.3 is 6.18 Å². The standard InChI is InChI=1S/C13H18F3N/c1-4-7-12(3,5-2)10-6-8-17-11(9-10)13(14,15)16/h6,8-9H,4-5,7H2,1-3H3. The van der Waals surface area contributed by atoms with E-state index < -0.39 is 11.9 Å². The molecule has 0 saturated carbocycles. The Hall–Kier alpha value is -1.06. The van der Waals surface area contributed by atoms with Gasteiger partial charge in [0.05, 0.1) is 0 Å². The molecule has 17 heavy (non-hydrogen) atoms. The van der Waals surface area contributed by atoms with Crippen molar-refractivity contribution in [2.24, 2.45) is 0 Å². The first-order valence-corrected chi connectivity index (χ1v) is 5.87. The quantitative estimate of drug-likeness (QED) is 0.757. The third-order valence-corrected chi connectivity index (χ3v) is 3.33. The van der Waals surface area contributed by atoms with E-state index in [1.807, 2.05) is 20.8 Å². The molecule has 0 aromatic carbocycles. The number of rotatable bonds is 4. The summed E-state index contributed by atoms with van der Waals surface area (Å²) in [7, 11) is 0. The van der Waals surface area contributed by atoms with Crippen molar-refractivity contribution in [3.63, 3.8) is 0 Å². The van der Waals surface area contributed by atoms with Gasteiger partial charge in [0.1, 0.15) is 5.69 Å². The maximum Gasteiger partial charge on any atom is 0.433 e. The second kappa shape index (κ2) is 5.07. The average molecular weight is 245 g/mol. The van der Waals surface area contributed by atoms with Crippen LogP contribution in [0.15, 0.2) is 18.3 Å². The number of nitrogens with zero attached hydrogens (tertiary/aromatic N) is 1. The van der Waals surface area contributed by atoms with Gasteiger partial charge in [-0.2, -0.15) is 13.2 Å². The van der Waals surface area contributed by atoms with E-state index in [9.17, 15) is 13.2 Å². The molecule has 4 heteroatoms. The van der Waals surface area contributed by atoms with E-state index in [4.69, 9.17) is 0 Å². The SMILES string of the molecule is CCCC(C)(CC)c1ccnc(C(F)(F)F)c1. The molecule has 0 fully saturated rings. The van der Waals surface area contributed by atoms with E-state index in [0.717, 1.165) is 24.8 Å². The highest BCUT2D eigenvalue weighted by molar-refractivity contribution is 5.26. The zero-order valence-corrected chi connectivity index (χ0v) is 10.4. The predicted octanol–water partition coefficient (Wildman–Crippen LogP) is 4.57. The summed E-state index contributed by atoms with van der Waals surface area (Å²) in [5.41, 5.74) is -0.271. The first kappa shape index (κ1) is 14.0. The van der Waals surface area contributed by atoms with E-state index in [2.05, 4.69) is 4.98 Å². The lowest BCUT2D eigenvalue weighted by Gasteiger charge is -2.29. The molecule has 0 aliphatic carbocycles. The van der Waals surface area contributed by atoms with Crippen molar-refractivity contribution in [1.29, 1.82) is 0 Å². The molecule has 0 spiro atoms. The van der Waals surface area contributed by atoms with E-state index in [1.165, 1.54) is 12.3 Å². The van der Waals surface area contributed by atoms with Crippen LogP contribution >= 0.6 is 0 Å². The molecule has 0 radical (unpaired) electrons. The van der Waals surface area contributed by atoms with Crippen molar-refractivity contribution in [3.05, 3.63) is 29.6 Å². The lowest BCUT2D eigenvalue weighted by atomic mass is 9.76. The van der Waals surface area contributed by atoms with Crippen molar-refractivity contribution < 1.29 is 13.2 Å². The highest BCUT2D eigenvalue weighted by atomic mass is 19.4. The first-order chi connectivity index (χ1) is 7.83. The highest BCUT2D eigenvalue weighted by Crippen LogP contribution is 2.35. The Morgan fingerprint density at radius 1 is 1.24 bits per heavy atom. The summed E-state index contributed by atoms with van der Waals surface area (Å²) >= 11 is 0. The number of halogens is 3. The Labute approximate surface area is 100 Å². The maximum absolute atomic E-state index is 12.6. The molecule has 1 unspecified atom stereocenters. The van der Waals surface area contributed by atoms with Crippen LogP contribution in [0.2, 0.25) is 0 Å². The Kier molecular flexibility index (Phi) is 4.17. The van der Waals surface area contributed by atoms with Crippen LogP contribution in [-0.2, 0) is 11.6 Å². The topological polar surface area (TPSA) is 12.9 Å². The summed E-state index contributed by atoms with van der Waals surface area (Å²) in [5.74, 6) is 0. The van der Waals surface area contributed by atoms with Crippen LogP contribution in [0, 0.1) is 0 Å². The van der Waals surface area contributed by atoms with Crippen LogP contribution in [0.1, 0.15) is 51.3 Å². The van der Waals surface area contributed by atoms with Crippen molar-refractivity contribution in [3.8, 4) is 0 Å². The van der Waals surface area contributed by atoms with Gasteiger partial charge in [-0.15, -0.1) is 0 Å². The smallest absolute Gasteiger partial charge is 0.252 e. The minimum absolute atomic E-state index is 0.197. The molecule has 96 valence electrons. The Balaban J connectivity index is 3.14. The first-order valence-electron chi connectivity index (χ1n) is 5.87. The molecular weight excluding hydrogens is 227 g/mol. The lowest BCUT2D eigenvalue weighted by Crippen LogP contribution is -2.22. The van der Waals surface area contributed by atoms with Crippen molar-refractivity contribution >= 4 is 0 Å².